The van der Waals surface area contributed by atoms with Crippen LogP contribution in [0.15, 0.2) is 29.1 Å². The molecule has 0 unspecified atom stereocenters. The van der Waals surface area contributed by atoms with Gasteiger partial charge in [-0.2, -0.15) is 0 Å². The molecule has 2 rings (SSSR count). The SMILES string of the molecule is COc1cc(OC)c(-c2ccc(CN)c(=O)n2C)cc1OC. The van der Waals surface area contributed by atoms with E-state index >= 15 is 0 Å². The van der Waals surface area contributed by atoms with Gasteiger partial charge in [-0.3, -0.25) is 4.79 Å². The quantitative estimate of drug-likeness (QED) is 0.906. The maximum atomic E-state index is 12.3. The first-order chi connectivity index (χ1) is 10.6. The number of aromatic nitrogens is 1. The second-order valence-corrected chi connectivity index (χ2v) is 4.72. The maximum absolute atomic E-state index is 12.3. The van der Waals surface area contributed by atoms with Crippen LogP contribution in [0.4, 0.5) is 0 Å². The molecule has 0 amide bonds. The van der Waals surface area contributed by atoms with Crippen molar-refractivity contribution < 1.29 is 14.2 Å². The summed E-state index contributed by atoms with van der Waals surface area (Å²) in [6, 6.07) is 7.09. The van der Waals surface area contributed by atoms with Crippen molar-refractivity contribution in [2.24, 2.45) is 12.8 Å². The summed E-state index contributed by atoms with van der Waals surface area (Å²) in [5.74, 6) is 1.72. The lowest BCUT2D eigenvalue weighted by Gasteiger charge is -2.16. The molecule has 0 aliphatic heterocycles. The molecular weight excluding hydrogens is 284 g/mol. The Kier molecular flexibility index (Phi) is 4.72. The monoisotopic (exact) mass is 304 g/mol. The molecule has 118 valence electrons. The van der Waals surface area contributed by atoms with Crippen molar-refractivity contribution in [2.75, 3.05) is 21.3 Å². The molecule has 0 fully saturated rings. The molecule has 0 bridgehead atoms. The highest BCUT2D eigenvalue weighted by atomic mass is 16.5. The third-order valence-electron chi connectivity index (χ3n) is 3.58. The Morgan fingerprint density at radius 3 is 2.14 bits per heavy atom. The van der Waals surface area contributed by atoms with E-state index in [1.54, 1.807) is 51.1 Å². The zero-order chi connectivity index (χ0) is 16.3. The normalized spacial score (nSPS) is 10.4. The highest BCUT2D eigenvalue weighted by Crippen LogP contribution is 2.39. The summed E-state index contributed by atoms with van der Waals surface area (Å²) >= 11 is 0. The molecule has 2 aromatic rings. The van der Waals surface area contributed by atoms with E-state index in [1.807, 2.05) is 6.07 Å². The number of hydrogen-bond donors (Lipinski definition) is 1. The van der Waals surface area contributed by atoms with Crippen molar-refractivity contribution in [1.29, 1.82) is 0 Å². The highest BCUT2D eigenvalue weighted by Gasteiger charge is 2.16. The van der Waals surface area contributed by atoms with E-state index in [0.29, 0.717) is 28.5 Å². The number of rotatable bonds is 5. The third kappa shape index (κ3) is 2.65. The molecule has 0 saturated heterocycles. The maximum Gasteiger partial charge on any atom is 0.255 e. The van der Waals surface area contributed by atoms with Crippen molar-refractivity contribution in [3.05, 3.63) is 40.2 Å². The average molecular weight is 304 g/mol. The molecule has 1 heterocycles. The molecule has 0 saturated carbocycles. The standard InChI is InChI=1S/C16H20N2O4/c1-18-12(6-5-10(9-17)16(18)19)11-7-14(21-3)15(22-4)8-13(11)20-2/h5-8H,9,17H2,1-4H3. The predicted molar refractivity (Wildman–Crippen MR) is 84.7 cm³/mol. The number of ether oxygens (including phenoxy) is 3. The van der Waals surface area contributed by atoms with Gasteiger partial charge in [0.15, 0.2) is 11.5 Å². The van der Waals surface area contributed by atoms with E-state index < -0.39 is 0 Å². The first kappa shape index (κ1) is 15.9. The van der Waals surface area contributed by atoms with Gasteiger partial charge in [0.1, 0.15) is 5.75 Å². The van der Waals surface area contributed by atoms with Crippen LogP contribution in [0.2, 0.25) is 0 Å². The molecule has 2 N–H and O–H groups in total. The summed E-state index contributed by atoms with van der Waals surface area (Å²) in [6.07, 6.45) is 0. The van der Waals surface area contributed by atoms with Gasteiger partial charge >= 0.3 is 0 Å². The van der Waals surface area contributed by atoms with Gasteiger partial charge in [0.2, 0.25) is 0 Å². The Balaban J connectivity index is 2.71. The van der Waals surface area contributed by atoms with Crippen molar-refractivity contribution >= 4 is 0 Å². The number of benzene rings is 1. The average Bonchev–Trinajstić information content (AvgIpc) is 2.56. The molecule has 0 radical (unpaired) electrons. The van der Waals surface area contributed by atoms with E-state index in [1.165, 1.54) is 0 Å². The van der Waals surface area contributed by atoms with Gasteiger partial charge in [-0.25, -0.2) is 0 Å². The molecule has 1 aromatic heterocycles. The second-order valence-electron chi connectivity index (χ2n) is 4.72. The zero-order valence-corrected chi connectivity index (χ0v) is 13.2. The first-order valence-electron chi connectivity index (χ1n) is 6.76. The lowest BCUT2D eigenvalue weighted by atomic mass is 10.1. The van der Waals surface area contributed by atoms with Crippen LogP contribution in [-0.4, -0.2) is 25.9 Å². The predicted octanol–water partition coefficient (Wildman–Crippen LogP) is 1.54. The van der Waals surface area contributed by atoms with Crippen LogP contribution in [0.5, 0.6) is 17.2 Å². The number of pyridine rings is 1. The molecule has 0 aliphatic rings. The molecule has 6 heteroatoms. The minimum atomic E-state index is -0.128. The zero-order valence-electron chi connectivity index (χ0n) is 13.2. The molecule has 0 atom stereocenters. The lowest BCUT2D eigenvalue weighted by Crippen LogP contribution is -2.24. The van der Waals surface area contributed by atoms with Gasteiger partial charge in [0.05, 0.1) is 27.0 Å². The summed E-state index contributed by atoms with van der Waals surface area (Å²) in [5, 5.41) is 0. The first-order valence-corrected chi connectivity index (χ1v) is 6.76. The Morgan fingerprint density at radius 1 is 1.00 bits per heavy atom. The third-order valence-corrected chi connectivity index (χ3v) is 3.58. The molecule has 0 aliphatic carbocycles. The van der Waals surface area contributed by atoms with Gasteiger partial charge in [0, 0.05) is 30.8 Å². The Bertz CT molecular complexity index is 738. The topological polar surface area (TPSA) is 75.7 Å². The van der Waals surface area contributed by atoms with E-state index in [4.69, 9.17) is 19.9 Å². The fraction of sp³-hybridized carbons (Fsp3) is 0.312. The van der Waals surface area contributed by atoms with Gasteiger partial charge in [-0.1, -0.05) is 6.07 Å². The summed E-state index contributed by atoms with van der Waals surface area (Å²) in [4.78, 5) is 12.3. The Hall–Kier alpha value is -2.47. The largest absolute Gasteiger partial charge is 0.496 e. The fourth-order valence-corrected chi connectivity index (χ4v) is 2.34. The van der Waals surface area contributed by atoms with E-state index in [0.717, 1.165) is 5.56 Å². The Morgan fingerprint density at radius 2 is 1.59 bits per heavy atom. The van der Waals surface area contributed by atoms with Gasteiger partial charge in [-0.15, -0.1) is 0 Å². The number of nitrogens with zero attached hydrogens (tertiary/aromatic N) is 1. The van der Waals surface area contributed by atoms with Crippen LogP contribution < -0.4 is 25.5 Å². The number of methoxy groups -OCH3 is 3. The van der Waals surface area contributed by atoms with Crippen molar-refractivity contribution in [1.82, 2.24) is 4.57 Å². The molecule has 6 nitrogen and oxygen atoms in total. The highest BCUT2D eigenvalue weighted by molar-refractivity contribution is 5.72. The van der Waals surface area contributed by atoms with Crippen LogP contribution in [-0.2, 0) is 13.6 Å². The van der Waals surface area contributed by atoms with Crippen LogP contribution in [0.25, 0.3) is 11.3 Å². The van der Waals surface area contributed by atoms with Crippen LogP contribution in [0.1, 0.15) is 5.56 Å². The van der Waals surface area contributed by atoms with Gasteiger partial charge in [-0.05, 0) is 12.1 Å². The summed E-state index contributed by atoms with van der Waals surface area (Å²) in [7, 11) is 6.39. The van der Waals surface area contributed by atoms with Gasteiger partial charge < -0.3 is 24.5 Å². The minimum Gasteiger partial charge on any atom is -0.496 e. The smallest absolute Gasteiger partial charge is 0.255 e. The van der Waals surface area contributed by atoms with Crippen LogP contribution in [0, 0.1) is 0 Å². The van der Waals surface area contributed by atoms with Gasteiger partial charge in [0.25, 0.3) is 5.56 Å². The van der Waals surface area contributed by atoms with E-state index in [2.05, 4.69) is 0 Å². The molecule has 1 aromatic carbocycles. The van der Waals surface area contributed by atoms with Crippen molar-refractivity contribution in [3.8, 4) is 28.5 Å². The second kappa shape index (κ2) is 6.53. The summed E-state index contributed by atoms with van der Waals surface area (Å²) in [6.45, 7) is 0.204. The van der Waals surface area contributed by atoms with E-state index in [9.17, 15) is 4.79 Å². The van der Waals surface area contributed by atoms with Crippen molar-refractivity contribution in [2.45, 2.75) is 6.54 Å². The number of hydrogen-bond acceptors (Lipinski definition) is 5. The number of nitrogens with two attached hydrogens (primary N) is 1. The summed E-state index contributed by atoms with van der Waals surface area (Å²) in [5.41, 5.74) is 7.45. The lowest BCUT2D eigenvalue weighted by molar-refractivity contribution is 0.349. The van der Waals surface area contributed by atoms with E-state index in [-0.39, 0.29) is 12.1 Å². The Labute approximate surface area is 129 Å². The van der Waals surface area contributed by atoms with Crippen LogP contribution >= 0.6 is 0 Å². The van der Waals surface area contributed by atoms with Crippen molar-refractivity contribution in [3.63, 3.8) is 0 Å². The summed E-state index contributed by atoms with van der Waals surface area (Å²) < 4.78 is 17.6. The molecule has 0 spiro atoms. The molecule has 22 heavy (non-hydrogen) atoms. The van der Waals surface area contributed by atoms with Crippen LogP contribution in [0.3, 0.4) is 0 Å². The fourth-order valence-electron chi connectivity index (χ4n) is 2.34. The minimum absolute atomic E-state index is 0.128. The molecular formula is C16H20N2O4.